The molecule has 0 aliphatic carbocycles. The zero-order chi connectivity index (χ0) is 11.1. The minimum Gasteiger partial charge on any atom is -0.392 e. The van der Waals surface area contributed by atoms with Crippen molar-refractivity contribution < 1.29 is 5.11 Å². The highest BCUT2D eigenvalue weighted by Crippen LogP contribution is 2.04. The van der Waals surface area contributed by atoms with Gasteiger partial charge < -0.3 is 20.6 Å². The zero-order valence-electron chi connectivity index (χ0n) is 9.86. The van der Waals surface area contributed by atoms with Crippen molar-refractivity contribution in [1.29, 1.82) is 0 Å². The first kappa shape index (κ1) is 12.9. The molecule has 0 saturated carbocycles. The first-order valence-corrected chi connectivity index (χ1v) is 6.09. The molecule has 0 aromatic rings. The van der Waals surface area contributed by atoms with E-state index in [0.717, 1.165) is 26.1 Å². The van der Waals surface area contributed by atoms with Crippen molar-refractivity contribution in [2.24, 2.45) is 5.73 Å². The second-order valence-electron chi connectivity index (χ2n) is 4.36. The molecule has 3 N–H and O–H groups in total. The Kier molecular flexibility index (Phi) is 6.17. The van der Waals surface area contributed by atoms with Gasteiger partial charge in [-0.3, -0.25) is 0 Å². The molecule has 0 bridgehead atoms. The molecule has 1 unspecified atom stereocenters. The van der Waals surface area contributed by atoms with Crippen LogP contribution in [0.3, 0.4) is 0 Å². The number of nitrogens with zero attached hydrogens (tertiary/aromatic N) is 2. The monoisotopic (exact) mass is 215 g/mol. The molecular weight excluding hydrogens is 190 g/mol. The normalized spacial score (nSPS) is 21.8. The lowest BCUT2D eigenvalue weighted by molar-refractivity contribution is 0.105. The molecule has 15 heavy (non-hydrogen) atoms. The fourth-order valence-electron chi connectivity index (χ4n) is 2.00. The number of nitrogens with two attached hydrogens (primary N) is 1. The lowest BCUT2D eigenvalue weighted by Gasteiger charge is -2.34. The average Bonchev–Trinajstić information content (AvgIpc) is 2.28. The van der Waals surface area contributed by atoms with Crippen molar-refractivity contribution in [3.63, 3.8) is 0 Å². The van der Waals surface area contributed by atoms with Crippen molar-refractivity contribution in [1.82, 2.24) is 9.80 Å². The van der Waals surface area contributed by atoms with E-state index in [4.69, 9.17) is 5.73 Å². The number of rotatable bonds is 6. The number of piperazine rings is 1. The third-order valence-corrected chi connectivity index (χ3v) is 3.06. The van der Waals surface area contributed by atoms with Crippen LogP contribution >= 0.6 is 0 Å². The highest BCUT2D eigenvalue weighted by atomic mass is 16.3. The summed E-state index contributed by atoms with van der Waals surface area (Å²) in [4.78, 5) is 4.93. The Bertz CT molecular complexity index is 158. The van der Waals surface area contributed by atoms with E-state index in [9.17, 15) is 5.11 Å². The molecule has 1 atom stereocenters. The van der Waals surface area contributed by atoms with Gasteiger partial charge in [-0.1, -0.05) is 6.92 Å². The van der Waals surface area contributed by atoms with Gasteiger partial charge in [-0.2, -0.15) is 0 Å². The third-order valence-electron chi connectivity index (χ3n) is 3.06. The highest BCUT2D eigenvalue weighted by Gasteiger charge is 2.16. The molecule has 4 nitrogen and oxygen atoms in total. The van der Waals surface area contributed by atoms with Crippen LogP contribution in [0.25, 0.3) is 0 Å². The predicted molar refractivity (Wildman–Crippen MR) is 62.8 cm³/mol. The van der Waals surface area contributed by atoms with Crippen molar-refractivity contribution in [3.8, 4) is 0 Å². The van der Waals surface area contributed by atoms with Gasteiger partial charge in [-0.25, -0.2) is 0 Å². The fraction of sp³-hybridized carbons (Fsp3) is 1.00. The van der Waals surface area contributed by atoms with Gasteiger partial charge in [0.2, 0.25) is 0 Å². The van der Waals surface area contributed by atoms with E-state index in [2.05, 4.69) is 16.7 Å². The van der Waals surface area contributed by atoms with Gasteiger partial charge in [-0.05, 0) is 19.4 Å². The van der Waals surface area contributed by atoms with Gasteiger partial charge >= 0.3 is 0 Å². The van der Waals surface area contributed by atoms with E-state index in [1.807, 2.05) is 0 Å². The molecule has 4 heteroatoms. The molecule has 0 radical (unpaired) electrons. The van der Waals surface area contributed by atoms with Crippen LogP contribution < -0.4 is 5.73 Å². The lowest BCUT2D eigenvalue weighted by atomic mass is 10.2. The second kappa shape index (κ2) is 7.17. The van der Waals surface area contributed by atoms with Crippen LogP contribution in [-0.2, 0) is 0 Å². The van der Waals surface area contributed by atoms with Gasteiger partial charge in [-0.15, -0.1) is 0 Å². The topological polar surface area (TPSA) is 52.7 Å². The van der Waals surface area contributed by atoms with E-state index < -0.39 is 0 Å². The number of hydrogen-bond acceptors (Lipinski definition) is 4. The Balaban J connectivity index is 2.09. The number of aliphatic hydroxyl groups is 1. The van der Waals surface area contributed by atoms with Crippen molar-refractivity contribution in [2.75, 3.05) is 45.8 Å². The molecule has 1 aliphatic heterocycles. The van der Waals surface area contributed by atoms with Crippen LogP contribution in [0.1, 0.15) is 19.8 Å². The van der Waals surface area contributed by atoms with Gasteiger partial charge in [0.15, 0.2) is 0 Å². The summed E-state index contributed by atoms with van der Waals surface area (Å²) in [6, 6.07) is 0. The summed E-state index contributed by atoms with van der Waals surface area (Å²) in [5.41, 5.74) is 5.37. The Morgan fingerprint density at radius 3 is 2.13 bits per heavy atom. The summed E-state index contributed by atoms with van der Waals surface area (Å²) < 4.78 is 0. The zero-order valence-corrected chi connectivity index (χ0v) is 9.86. The van der Waals surface area contributed by atoms with E-state index >= 15 is 0 Å². The van der Waals surface area contributed by atoms with Gasteiger partial charge in [0.25, 0.3) is 0 Å². The molecule has 1 aliphatic rings. The van der Waals surface area contributed by atoms with Crippen LogP contribution in [0, 0.1) is 0 Å². The lowest BCUT2D eigenvalue weighted by Crippen LogP contribution is -2.47. The van der Waals surface area contributed by atoms with E-state index in [1.54, 1.807) is 0 Å². The molecule has 1 rings (SSSR count). The smallest absolute Gasteiger partial charge is 0.0674 e. The Morgan fingerprint density at radius 2 is 1.67 bits per heavy atom. The molecule has 0 spiro atoms. The first-order chi connectivity index (χ1) is 7.26. The Labute approximate surface area is 93.0 Å². The quantitative estimate of drug-likeness (QED) is 0.640. The van der Waals surface area contributed by atoms with Crippen LogP contribution in [0.15, 0.2) is 0 Å². The summed E-state index contributed by atoms with van der Waals surface area (Å²) in [6.45, 7) is 9.44. The van der Waals surface area contributed by atoms with Crippen molar-refractivity contribution >= 4 is 0 Å². The maximum Gasteiger partial charge on any atom is 0.0674 e. The maximum absolute atomic E-state index is 9.36. The van der Waals surface area contributed by atoms with Gasteiger partial charge in [0.05, 0.1) is 6.10 Å². The molecule has 0 aromatic carbocycles. The molecule has 1 heterocycles. The van der Waals surface area contributed by atoms with Crippen molar-refractivity contribution in [3.05, 3.63) is 0 Å². The minimum absolute atomic E-state index is 0.321. The molecule has 1 saturated heterocycles. The van der Waals surface area contributed by atoms with Crippen LogP contribution in [0.2, 0.25) is 0 Å². The van der Waals surface area contributed by atoms with Gasteiger partial charge in [0, 0.05) is 39.3 Å². The standard InChI is InChI=1S/C11H25N3O/c1-2-4-13-6-8-14(9-7-13)5-3-11(15)10-12/h11,15H,2-10,12H2,1H3. The summed E-state index contributed by atoms with van der Waals surface area (Å²) in [5, 5.41) is 9.36. The summed E-state index contributed by atoms with van der Waals surface area (Å²) in [6.07, 6.45) is 1.73. The molecule has 1 fully saturated rings. The molecule has 0 aromatic heterocycles. The summed E-state index contributed by atoms with van der Waals surface area (Å²) in [5.74, 6) is 0. The summed E-state index contributed by atoms with van der Waals surface area (Å²) in [7, 11) is 0. The molecular formula is C11H25N3O. The van der Waals surface area contributed by atoms with Gasteiger partial charge in [0.1, 0.15) is 0 Å². The summed E-state index contributed by atoms with van der Waals surface area (Å²) >= 11 is 0. The van der Waals surface area contributed by atoms with Crippen LogP contribution in [0.4, 0.5) is 0 Å². The van der Waals surface area contributed by atoms with Crippen molar-refractivity contribution in [2.45, 2.75) is 25.9 Å². The Morgan fingerprint density at radius 1 is 1.13 bits per heavy atom. The molecule has 0 amide bonds. The third kappa shape index (κ3) is 4.93. The largest absolute Gasteiger partial charge is 0.392 e. The second-order valence-corrected chi connectivity index (χ2v) is 4.36. The fourth-order valence-corrected chi connectivity index (χ4v) is 2.00. The number of aliphatic hydroxyl groups excluding tert-OH is 1. The minimum atomic E-state index is -0.321. The first-order valence-electron chi connectivity index (χ1n) is 6.09. The highest BCUT2D eigenvalue weighted by molar-refractivity contribution is 4.72. The van der Waals surface area contributed by atoms with E-state index in [0.29, 0.717) is 6.54 Å². The number of hydrogen-bond donors (Lipinski definition) is 2. The van der Waals surface area contributed by atoms with Crippen LogP contribution in [-0.4, -0.2) is 66.8 Å². The maximum atomic E-state index is 9.36. The van der Waals surface area contributed by atoms with Crippen LogP contribution in [0.5, 0.6) is 0 Å². The average molecular weight is 215 g/mol. The SMILES string of the molecule is CCCN1CCN(CCC(O)CN)CC1. The van der Waals surface area contributed by atoms with E-state index in [1.165, 1.54) is 26.1 Å². The predicted octanol–water partition coefficient (Wildman–Crippen LogP) is -0.276. The van der Waals surface area contributed by atoms with E-state index in [-0.39, 0.29) is 6.10 Å². The molecule has 90 valence electrons. The Hall–Kier alpha value is -0.160.